The number of benzene rings is 2. The van der Waals surface area contributed by atoms with Gasteiger partial charge in [-0.3, -0.25) is 0 Å². The number of esters is 1. The summed E-state index contributed by atoms with van der Waals surface area (Å²) in [7, 11) is 0. The number of phenols is 2. The van der Waals surface area contributed by atoms with Crippen molar-refractivity contribution in [2.45, 2.75) is 55.1 Å². The Labute approximate surface area is 235 Å². The molecule has 0 aliphatic carbocycles. The van der Waals surface area contributed by atoms with Gasteiger partial charge in [0.15, 0.2) is 29.7 Å². The summed E-state index contributed by atoms with van der Waals surface area (Å²) in [4.78, 5) is 12.1. The predicted octanol–water partition coefficient (Wildman–Crippen LogP) is -0.814. The van der Waals surface area contributed by atoms with Crippen LogP contribution in [0.5, 0.6) is 11.5 Å². The van der Waals surface area contributed by atoms with E-state index in [-0.39, 0.29) is 18.1 Å². The van der Waals surface area contributed by atoms with Crippen LogP contribution in [0.25, 0.3) is 6.08 Å². The molecule has 2 aliphatic heterocycles. The third-order valence-corrected chi connectivity index (χ3v) is 6.79. The van der Waals surface area contributed by atoms with Crippen molar-refractivity contribution in [3.8, 4) is 11.5 Å². The van der Waals surface area contributed by atoms with Crippen LogP contribution in [-0.4, -0.2) is 117 Å². The highest BCUT2D eigenvalue weighted by Gasteiger charge is 2.51. The van der Waals surface area contributed by atoms with Crippen molar-refractivity contribution >= 4 is 12.0 Å². The third kappa shape index (κ3) is 7.80. The van der Waals surface area contributed by atoms with E-state index in [0.29, 0.717) is 12.0 Å². The van der Waals surface area contributed by atoms with Crippen LogP contribution in [0.4, 0.5) is 0 Å². The smallest absolute Gasteiger partial charge is 0.330 e. The minimum atomic E-state index is -2.00. The molecule has 2 aromatic carbocycles. The standard InChI is InChI=1S/C28H34O13/c29-18-8-6-17(12-19(18)30)7-9-21(31)39-14-28(36)15-40-27(25(28)35)38-13-20-22(32)23(33)24(34)26(41-20)37-11-10-16-4-2-1-3-5-16/h1-9,12,20,22-27,29-30,32-36H,10-11,13-15H2/b9-7+/t20-,22-,23+,24-,25+,26-,27-,28-/m1/s1. The molecule has 4 rings (SSSR count). The topological polar surface area (TPSA) is 205 Å². The van der Waals surface area contributed by atoms with E-state index in [1.807, 2.05) is 30.3 Å². The van der Waals surface area contributed by atoms with Crippen molar-refractivity contribution in [2.75, 3.05) is 26.4 Å². The number of aliphatic hydroxyl groups is 5. The monoisotopic (exact) mass is 578 g/mol. The Balaban J connectivity index is 1.24. The van der Waals surface area contributed by atoms with E-state index in [4.69, 9.17) is 23.7 Å². The van der Waals surface area contributed by atoms with Crippen LogP contribution >= 0.6 is 0 Å². The molecule has 0 saturated carbocycles. The van der Waals surface area contributed by atoms with Crippen LogP contribution in [-0.2, 0) is 34.9 Å². The number of aliphatic hydroxyl groups excluding tert-OH is 4. The molecule has 2 aliphatic rings. The van der Waals surface area contributed by atoms with Crippen molar-refractivity contribution in [1.82, 2.24) is 0 Å². The zero-order chi connectivity index (χ0) is 29.6. The summed E-state index contributed by atoms with van der Waals surface area (Å²) >= 11 is 0. The maximum Gasteiger partial charge on any atom is 0.330 e. The highest BCUT2D eigenvalue weighted by molar-refractivity contribution is 5.87. The second kappa shape index (κ2) is 13.7. The molecule has 0 aromatic heterocycles. The van der Waals surface area contributed by atoms with E-state index in [0.717, 1.165) is 11.6 Å². The second-order valence-corrected chi connectivity index (χ2v) is 9.87. The second-order valence-electron chi connectivity index (χ2n) is 9.87. The molecular formula is C28H34O13. The molecular weight excluding hydrogens is 544 g/mol. The first-order chi connectivity index (χ1) is 19.6. The predicted molar refractivity (Wildman–Crippen MR) is 139 cm³/mol. The van der Waals surface area contributed by atoms with E-state index in [1.165, 1.54) is 24.3 Å². The number of carbonyl (C=O) groups is 1. The minimum absolute atomic E-state index is 0.172. The van der Waals surface area contributed by atoms with Crippen molar-refractivity contribution in [1.29, 1.82) is 0 Å². The summed E-state index contributed by atoms with van der Waals surface area (Å²) in [5, 5.41) is 71.1. The first-order valence-corrected chi connectivity index (χ1v) is 12.9. The lowest BCUT2D eigenvalue weighted by Crippen LogP contribution is -2.59. The van der Waals surface area contributed by atoms with Gasteiger partial charge < -0.3 is 59.4 Å². The number of hydrogen-bond acceptors (Lipinski definition) is 13. The number of carbonyl (C=O) groups excluding carboxylic acids is 1. The summed E-state index contributed by atoms with van der Waals surface area (Å²) < 4.78 is 27.0. The number of rotatable bonds is 11. The van der Waals surface area contributed by atoms with Gasteiger partial charge in [-0.1, -0.05) is 36.4 Å². The van der Waals surface area contributed by atoms with Gasteiger partial charge in [0.25, 0.3) is 0 Å². The van der Waals surface area contributed by atoms with Gasteiger partial charge in [-0.15, -0.1) is 0 Å². The van der Waals surface area contributed by atoms with Crippen LogP contribution in [0.15, 0.2) is 54.6 Å². The maximum atomic E-state index is 12.1. The van der Waals surface area contributed by atoms with Crippen molar-refractivity contribution in [3.05, 3.63) is 65.7 Å². The van der Waals surface area contributed by atoms with Gasteiger partial charge in [-0.2, -0.15) is 0 Å². The SMILES string of the molecule is O=C(/C=C/c1ccc(O)c(O)c1)OC[C@@]1(O)CO[C@@H](OC[C@H]2O[C@@H](OCCc3ccccc3)[C@H](O)[C@@H](O)[C@@H]2O)[C@@H]1O. The van der Waals surface area contributed by atoms with Gasteiger partial charge in [-0.25, -0.2) is 4.79 Å². The molecule has 0 radical (unpaired) electrons. The highest BCUT2D eigenvalue weighted by atomic mass is 16.7. The molecule has 0 spiro atoms. The molecule has 2 fully saturated rings. The molecule has 13 nitrogen and oxygen atoms in total. The Hall–Kier alpha value is -3.11. The fourth-order valence-electron chi connectivity index (χ4n) is 4.29. The van der Waals surface area contributed by atoms with E-state index < -0.39 is 74.5 Å². The van der Waals surface area contributed by atoms with Crippen LogP contribution in [0.1, 0.15) is 11.1 Å². The first kappa shape index (κ1) is 30.8. The van der Waals surface area contributed by atoms with Crippen LogP contribution in [0.2, 0.25) is 0 Å². The van der Waals surface area contributed by atoms with Crippen molar-refractivity contribution in [3.63, 3.8) is 0 Å². The molecule has 2 heterocycles. The molecule has 13 heteroatoms. The molecule has 7 N–H and O–H groups in total. The van der Waals surface area contributed by atoms with Gasteiger partial charge >= 0.3 is 5.97 Å². The molecule has 41 heavy (non-hydrogen) atoms. The Kier molecular flexibility index (Phi) is 10.3. The molecule has 224 valence electrons. The number of phenolic OH excluding ortho intramolecular Hbond substituents is 2. The van der Waals surface area contributed by atoms with Crippen LogP contribution in [0.3, 0.4) is 0 Å². The fraction of sp³-hybridized carbons (Fsp3) is 0.464. The Morgan fingerprint density at radius 3 is 2.44 bits per heavy atom. The summed E-state index contributed by atoms with van der Waals surface area (Å²) in [6.07, 6.45) is -7.23. The van der Waals surface area contributed by atoms with E-state index in [9.17, 15) is 40.5 Å². The normalized spacial score (nSPS) is 31.9. The largest absolute Gasteiger partial charge is 0.504 e. The third-order valence-electron chi connectivity index (χ3n) is 6.79. The molecule has 0 amide bonds. The van der Waals surface area contributed by atoms with Gasteiger partial charge in [-0.05, 0) is 35.8 Å². The average molecular weight is 579 g/mol. The lowest BCUT2D eigenvalue weighted by molar-refractivity contribution is -0.309. The first-order valence-electron chi connectivity index (χ1n) is 12.9. The minimum Gasteiger partial charge on any atom is -0.504 e. The molecule has 2 aromatic rings. The van der Waals surface area contributed by atoms with Gasteiger partial charge in [0, 0.05) is 6.08 Å². The van der Waals surface area contributed by atoms with Gasteiger partial charge in [0.1, 0.15) is 37.1 Å². The summed E-state index contributed by atoms with van der Waals surface area (Å²) in [6.45, 7) is -1.31. The fourth-order valence-corrected chi connectivity index (χ4v) is 4.29. The van der Waals surface area contributed by atoms with Crippen LogP contribution in [0, 0.1) is 0 Å². The molecule has 8 atom stereocenters. The lowest BCUT2D eigenvalue weighted by Gasteiger charge is -2.40. The molecule has 0 unspecified atom stereocenters. The number of aromatic hydroxyl groups is 2. The number of hydrogen-bond donors (Lipinski definition) is 7. The zero-order valence-corrected chi connectivity index (χ0v) is 21.9. The van der Waals surface area contributed by atoms with Gasteiger partial charge in [0.05, 0.1) is 19.8 Å². The van der Waals surface area contributed by atoms with E-state index >= 15 is 0 Å². The Morgan fingerprint density at radius 1 is 0.951 bits per heavy atom. The summed E-state index contributed by atoms with van der Waals surface area (Å²) in [5.41, 5.74) is -0.602. The van der Waals surface area contributed by atoms with E-state index in [2.05, 4.69) is 0 Å². The Morgan fingerprint density at radius 2 is 1.71 bits per heavy atom. The zero-order valence-electron chi connectivity index (χ0n) is 21.9. The van der Waals surface area contributed by atoms with E-state index in [1.54, 1.807) is 0 Å². The van der Waals surface area contributed by atoms with Crippen molar-refractivity contribution < 1.29 is 64.2 Å². The number of ether oxygens (including phenoxy) is 5. The van der Waals surface area contributed by atoms with Gasteiger partial charge in [0.2, 0.25) is 0 Å². The molecule has 2 saturated heterocycles. The van der Waals surface area contributed by atoms with Crippen LogP contribution < -0.4 is 0 Å². The Bertz CT molecular complexity index is 1170. The lowest BCUT2D eigenvalue weighted by atomic mass is 9.99. The quantitative estimate of drug-likeness (QED) is 0.0991. The summed E-state index contributed by atoms with van der Waals surface area (Å²) in [6, 6.07) is 13.4. The maximum absolute atomic E-state index is 12.1. The molecule has 0 bridgehead atoms. The summed E-state index contributed by atoms with van der Waals surface area (Å²) in [5.74, 6) is -1.54. The van der Waals surface area contributed by atoms with Crippen molar-refractivity contribution in [2.24, 2.45) is 0 Å². The highest BCUT2D eigenvalue weighted by Crippen LogP contribution is 2.29. The average Bonchev–Trinajstić information content (AvgIpc) is 3.25.